The van der Waals surface area contributed by atoms with Crippen molar-refractivity contribution in [2.45, 2.75) is 53.9 Å². The smallest absolute Gasteiger partial charge is 0.215 e. The molecule has 1 unspecified atom stereocenters. The van der Waals surface area contributed by atoms with Crippen LogP contribution in [0.5, 0.6) is 0 Å². The van der Waals surface area contributed by atoms with Crippen LogP contribution in [0.15, 0.2) is 36.4 Å². The monoisotopic (exact) mass is 570 g/mol. The second-order valence-corrected chi connectivity index (χ2v) is 7.02. The zero-order valence-electron chi connectivity index (χ0n) is 16.4. The molecule has 0 aliphatic rings. The first-order valence-electron chi connectivity index (χ1n) is 8.30. The van der Waals surface area contributed by atoms with E-state index in [1.54, 1.807) is 0 Å². The molecule has 0 aromatic heterocycles. The lowest BCUT2D eigenvalue weighted by Crippen LogP contribution is -2.73. The van der Waals surface area contributed by atoms with E-state index in [4.69, 9.17) is 0 Å². The standard InChI is InChI=1S/C9H10.C8HF17S/c1-2-6-9-7-4-3-5-8-9;9-1(10,3(13,14)5(17,18)7(20,21)22)2(11,12)4(15,16)6(19,26)8(23,24)25/h2-8H,1H3;26H. The van der Waals surface area contributed by atoms with Crippen LogP contribution in [0, 0.1) is 0 Å². The Labute approximate surface area is 190 Å². The van der Waals surface area contributed by atoms with Gasteiger partial charge in [-0.2, -0.15) is 70.2 Å². The second kappa shape index (κ2) is 9.88. The zero-order chi connectivity index (χ0) is 28.5. The topological polar surface area (TPSA) is 0 Å². The van der Waals surface area contributed by atoms with E-state index in [-0.39, 0.29) is 0 Å². The molecule has 18 heteroatoms. The third-order valence-corrected chi connectivity index (χ3v) is 4.42. The summed E-state index contributed by atoms with van der Waals surface area (Å²) in [5.41, 5.74) is 1.26. The normalized spacial score (nSPS) is 16.5. The Bertz CT molecular complexity index is 802. The largest absolute Gasteiger partial charge is 0.460 e. The summed E-state index contributed by atoms with van der Waals surface area (Å²) < 4.78 is 212. The van der Waals surface area contributed by atoms with Gasteiger partial charge in [0.1, 0.15) is 0 Å². The number of thiol groups is 1. The summed E-state index contributed by atoms with van der Waals surface area (Å²) in [4.78, 5) is 0. The maximum atomic E-state index is 12.9. The van der Waals surface area contributed by atoms with Crippen LogP contribution in [0.4, 0.5) is 74.6 Å². The van der Waals surface area contributed by atoms with Crippen molar-refractivity contribution in [2.75, 3.05) is 0 Å². The third-order valence-electron chi connectivity index (χ3n) is 3.88. The number of alkyl halides is 17. The van der Waals surface area contributed by atoms with Crippen LogP contribution in [0.1, 0.15) is 12.5 Å². The van der Waals surface area contributed by atoms with E-state index < -0.39 is 47.0 Å². The molecule has 0 saturated heterocycles. The van der Waals surface area contributed by atoms with Gasteiger partial charge in [0.05, 0.1) is 0 Å². The third kappa shape index (κ3) is 5.60. The summed E-state index contributed by atoms with van der Waals surface area (Å²) in [5.74, 6) is -41.6. The molecule has 0 aliphatic heterocycles. The fourth-order valence-corrected chi connectivity index (χ4v) is 2.05. The van der Waals surface area contributed by atoms with Crippen LogP contribution in [0.3, 0.4) is 0 Å². The van der Waals surface area contributed by atoms with Gasteiger partial charge in [0.25, 0.3) is 0 Å². The lowest BCUT2D eigenvalue weighted by Gasteiger charge is -2.42. The van der Waals surface area contributed by atoms with Gasteiger partial charge in [-0.3, -0.25) is 0 Å². The van der Waals surface area contributed by atoms with Gasteiger partial charge < -0.3 is 0 Å². The van der Waals surface area contributed by atoms with Crippen molar-refractivity contribution in [3.8, 4) is 0 Å². The predicted octanol–water partition coefficient (Wildman–Crippen LogP) is 8.60. The van der Waals surface area contributed by atoms with Gasteiger partial charge in [-0.1, -0.05) is 42.5 Å². The Morgan fingerprint density at radius 2 is 0.857 bits per heavy atom. The SMILES string of the molecule is CC=Cc1ccccc1.FC(F)(F)C(F)(F)C(F)(F)C(F)(F)C(F)(F)C(F)(F)C(F)(S)C(F)(F)F. The molecule has 0 amide bonds. The highest BCUT2D eigenvalue weighted by Crippen LogP contribution is 2.64. The van der Waals surface area contributed by atoms with E-state index in [0.29, 0.717) is 0 Å². The molecule has 204 valence electrons. The highest BCUT2D eigenvalue weighted by Gasteiger charge is 2.94. The summed E-state index contributed by atoms with van der Waals surface area (Å²) in [6, 6.07) is 10.3. The van der Waals surface area contributed by atoms with Crippen LogP contribution in [0.25, 0.3) is 6.08 Å². The van der Waals surface area contributed by atoms with Crippen LogP contribution < -0.4 is 0 Å². The molecular formula is C17H11F17S. The predicted molar refractivity (Wildman–Crippen MR) is 90.8 cm³/mol. The molecule has 0 spiro atoms. The molecule has 0 heterocycles. The summed E-state index contributed by atoms with van der Waals surface area (Å²) >= 11 is 1.29. The van der Waals surface area contributed by atoms with Gasteiger partial charge in [0.2, 0.25) is 0 Å². The van der Waals surface area contributed by atoms with Gasteiger partial charge in [-0.25, -0.2) is 4.39 Å². The van der Waals surface area contributed by atoms with E-state index in [1.165, 1.54) is 18.2 Å². The average molecular weight is 570 g/mol. The first-order chi connectivity index (χ1) is 15.2. The van der Waals surface area contributed by atoms with Gasteiger partial charge in [-0.05, 0) is 12.5 Å². The van der Waals surface area contributed by atoms with E-state index >= 15 is 0 Å². The minimum atomic E-state index is -8.53. The Balaban J connectivity index is 0.00000106. The van der Waals surface area contributed by atoms with Crippen molar-refractivity contribution in [2.24, 2.45) is 0 Å². The molecule has 0 N–H and O–H groups in total. The molecule has 0 bridgehead atoms. The summed E-state index contributed by atoms with van der Waals surface area (Å²) in [7, 11) is 0. The maximum Gasteiger partial charge on any atom is 0.460 e. The molecule has 1 atom stereocenters. The van der Waals surface area contributed by atoms with Crippen molar-refractivity contribution >= 4 is 18.7 Å². The van der Waals surface area contributed by atoms with Crippen LogP contribution in [0.2, 0.25) is 0 Å². The van der Waals surface area contributed by atoms with E-state index in [9.17, 15) is 74.6 Å². The van der Waals surface area contributed by atoms with Gasteiger partial charge >= 0.3 is 47.0 Å². The zero-order valence-corrected chi connectivity index (χ0v) is 17.3. The number of hydrogen-bond donors (Lipinski definition) is 1. The van der Waals surface area contributed by atoms with Crippen molar-refractivity contribution in [3.05, 3.63) is 42.0 Å². The molecule has 1 rings (SSSR count). The van der Waals surface area contributed by atoms with Crippen molar-refractivity contribution in [1.29, 1.82) is 0 Å². The average Bonchev–Trinajstić information content (AvgIpc) is 2.67. The number of rotatable bonds is 6. The molecule has 0 nitrogen and oxygen atoms in total. The molecule has 35 heavy (non-hydrogen) atoms. The second-order valence-electron chi connectivity index (χ2n) is 6.40. The highest BCUT2D eigenvalue weighted by molar-refractivity contribution is 7.81. The van der Waals surface area contributed by atoms with E-state index in [2.05, 4.69) is 18.2 Å². The maximum absolute atomic E-state index is 12.9. The molecule has 1 aromatic carbocycles. The molecule has 1 aromatic rings. The molecule has 0 radical (unpaired) electrons. The Morgan fingerprint density at radius 1 is 0.514 bits per heavy atom. The molecule has 0 saturated carbocycles. The molecule has 0 fully saturated rings. The Kier molecular flexibility index (Phi) is 9.35. The lowest BCUT2D eigenvalue weighted by molar-refractivity contribution is -0.450. The number of allylic oxidation sites excluding steroid dienone is 1. The Hall–Kier alpha value is -1.88. The number of benzene rings is 1. The summed E-state index contributed by atoms with van der Waals surface area (Å²) in [6.45, 7) is 2.02. The lowest BCUT2D eigenvalue weighted by atomic mass is 9.91. The van der Waals surface area contributed by atoms with Crippen LogP contribution in [-0.4, -0.2) is 47.0 Å². The van der Waals surface area contributed by atoms with Gasteiger partial charge in [-0.15, -0.1) is 12.6 Å². The first-order valence-corrected chi connectivity index (χ1v) is 8.74. The van der Waals surface area contributed by atoms with Crippen LogP contribution >= 0.6 is 12.6 Å². The minimum absolute atomic E-state index is 1.26. The molecular weight excluding hydrogens is 559 g/mol. The fourth-order valence-electron chi connectivity index (χ4n) is 1.91. The number of halogens is 17. The first kappa shape index (κ1) is 33.1. The van der Waals surface area contributed by atoms with Crippen molar-refractivity contribution in [1.82, 2.24) is 0 Å². The van der Waals surface area contributed by atoms with E-state index in [0.717, 1.165) is 0 Å². The van der Waals surface area contributed by atoms with Crippen LogP contribution in [-0.2, 0) is 0 Å². The highest BCUT2D eigenvalue weighted by atomic mass is 32.1. The van der Waals surface area contributed by atoms with Gasteiger partial charge in [0.15, 0.2) is 0 Å². The van der Waals surface area contributed by atoms with Gasteiger partial charge in [0, 0.05) is 0 Å². The Morgan fingerprint density at radius 3 is 1.17 bits per heavy atom. The number of hydrogen-bond acceptors (Lipinski definition) is 1. The summed E-state index contributed by atoms with van der Waals surface area (Å²) in [6.07, 6.45) is -10.9. The van der Waals surface area contributed by atoms with Crippen molar-refractivity contribution < 1.29 is 74.6 Å². The quantitative estimate of drug-likeness (QED) is 0.257. The summed E-state index contributed by atoms with van der Waals surface area (Å²) in [5, 5.41) is -7.03. The van der Waals surface area contributed by atoms with Crippen molar-refractivity contribution in [3.63, 3.8) is 0 Å². The van der Waals surface area contributed by atoms with E-state index in [1.807, 2.05) is 31.2 Å². The molecule has 0 aliphatic carbocycles. The fraction of sp³-hybridized carbons (Fsp3) is 0.529. The minimum Gasteiger partial charge on any atom is -0.215 e.